The molecule has 0 saturated carbocycles. The second-order valence-electron chi connectivity index (χ2n) is 7.08. The van der Waals surface area contributed by atoms with E-state index in [2.05, 4.69) is 5.32 Å². The molecule has 2 aliphatic heterocycles. The van der Waals surface area contributed by atoms with Gasteiger partial charge in [-0.05, 0) is 30.2 Å². The van der Waals surface area contributed by atoms with Crippen molar-refractivity contribution in [2.75, 3.05) is 24.1 Å². The third kappa shape index (κ3) is 4.04. The monoisotopic (exact) mass is 416 g/mol. The summed E-state index contributed by atoms with van der Waals surface area (Å²) in [5, 5.41) is 2.77. The van der Waals surface area contributed by atoms with E-state index in [-0.39, 0.29) is 31.4 Å². The zero-order chi connectivity index (χ0) is 20.6. The molecule has 0 fully saturated rings. The highest BCUT2D eigenvalue weighted by Crippen LogP contribution is 2.34. The number of sulfone groups is 1. The van der Waals surface area contributed by atoms with Crippen LogP contribution in [0.1, 0.15) is 22.3 Å². The summed E-state index contributed by atoms with van der Waals surface area (Å²) in [5.41, 5.74) is 1.83. The number of nitrogens with zero attached hydrogens (tertiary/aromatic N) is 1. The minimum Gasteiger partial charge on any atom is -0.454 e. The third-order valence-electron chi connectivity index (χ3n) is 4.93. The second kappa shape index (κ2) is 7.40. The van der Waals surface area contributed by atoms with E-state index < -0.39 is 21.8 Å². The van der Waals surface area contributed by atoms with Crippen molar-refractivity contribution in [3.05, 3.63) is 53.6 Å². The third-order valence-corrected chi connectivity index (χ3v) is 5.91. The molecule has 0 bridgehead atoms. The van der Waals surface area contributed by atoms with Crippen LogP contribution in [-0.2, 0) is 21.2 Å². The average molecular weight is 416 g/mol. The lowest BCUT2D eigenvalue weighted by atomic mass is 10.1. The first-order chi connectivity index (χ1) is 13.8. The van der Waals surface area contributed by atoms with Crippen LogP contribution in [0.5, 0.6) is 11.5 Å². The van der Waals surface area contributed by atoms with Crippen molar-refractivity contribution in [1.82, 2.24) is 4.90 Å². The van der Waals surface area contributed by atoms with Gasteiger partial charge in [-0.25, -0.2) is 8.42 Å². The summed E-state index contributed by atoms with van der Waals surface area (Å²) < 4.78 is 34.0. The summed E-state index contributed by atoms with van der Waals surface area (Å²) in [4.78, 5) is 27.3. The number of rotatable bonds is 6. The molecule has 0 aliphatic carbocycles. The molecule has 0 saturated heterocycles. The van der Waals surface area contributed by atoms with Gasteiger partial charge in [-0.3, -0.25) is 9.59 Å². The van der Waals surface area contributed by atoms with E-state index >= 15 is 0 Å². The van der Waals surface area contributed by atoms with Gasteiger partial charge >= 0.3 is 0 Å². The Hall–Kier alpha value is -3.07. The van der Waals surface area contributed by atoms with Gasteiger partial charge in [0.15, 0.2) is 11.5 Å². The number of fused-ring (bicyclic) bond motifs is 2. The molecule has 2 aromatic carbocycles. The number of hydrogen-bond donors (Lipinski definition) is 1. The molecule has 152 valence electrons. The lowest BCUT2D eigenvalue weighted by molar-refractivity contribution is -0.120. The maximum atomic E-state index is 13.0. The topological polar surface area (TPSA) is 102 Å². The maximum absolute atomic E-state index is 13.0. The fourth-order valence-corrected chi connectivity index (χ4v) is 4.13. The van der Waals surface area contributed by atoms with Crippen molar-refractivity contribution < 1.29 is 27.5 Å². The molecule has 1 atom stereocenters. The van der Waals surface area contributed by atoms with Crippen molar-refractivity contribution >= 4 is 27.3 Å². The standard InChI is InChI=1S/C20H20N2O6S/c1-29(25,26)9-8-16(22-11-13-4-2-3-5-15(13)20(22)24)19(23)21-14-6-7-17-18(10-14)28-12-27-17/h2-7,10,16H,8-9,11-12H2,1H3,(H,21,23)/t16-/m0/s1. The van der Waals surface area contributed by atoms with Crippen LogP contribution < -0.4 is 14.8 Å². The number of nitrogens with one attached hydrogen (secondary N) is 1. The normalized spacial score (nSPS) is 15.9. The van der Waals surface area contributed by atoms with E-state index in [1.165, 1.54) is 4.90 Å². The van der Waals surface area contributed by atoms with Gasteiger partial charge in [0.1, 0.15) is 15.9 Å². The Labute approximate surface area is 168 Å². The van der Waals surface area contributed by atoms with E-state index in [9.17, 15) is 18.0 Å². The highest BCUT2D eigenvalue weighted by molar-refractivity contribution is 7.90. The predicted molar refractivity (Wildman–Crippen MR) is 106 cm³/mol. The zero-order valence-electron chi connectivity index (χ0n) is 15.8. The maximum Gasteiger partial charge on any atom is 0.255 e. The Morgan fingerprint density at radius 2 is 1.93 bits per heavy atom. The smallest absolute Gasteiger partial charge is 0.255 e. The molecule has 9 heteroatoms. The second-order valence-corrected chi connectivity index (χ2v) is 9.34. The summed E-state index contributed by atoms with van der Waals surface area (Å²) in [6.07, 6.45) is 1.12. The average Bonchev–Trinajstić information content (AvgIpc) is 3.26. The van der Waals surface area contributed by atoms with Gasteiger partial charge in [-0.15, -0.1) is 0 Å². The minimum atomic E-state index is -3.30. The molecular formula is C20H20N2O6S. The number of hydrogen-bond acceptors (Lipinski definition) is 6. The van der Waals surface area contributed by atoms with E-state index in [1.54, 1.807) is 30.3 Å². The number of benzene rings is 2. The van der Waals surface area contributed by atoms with Crippen LogP contribution in [0.25, 0.3) is 0 Å². The molecule has 8 nitrogen and oxygen atoms in total. The number of amides is 2. The lowest BCUT2D eigenvalue weighted by Crippen LogP contribution is -2.45. The summed E-state index contributed by atoms with van der Waals surface area (Å²) in [6.45, 7) is 0.377. The molecule has 2 amide bonds. The molecule has 29 heavy (non-hydrogen) atoms. The first kappa shape index (κ1) is 19.3. The number of carbonyl (C=O) groups is 2. The number of anilines is 1. The van der Waals surface area contributed by atoms with Gasteiger partial charge in [0.05, 0.1) is 5.75 Å². The zero-order valence-corrected chi connectivity index (χ0v) is 16.6. The van der Waals surface area contributed by atoms with E-state index in [0.717, 1.165) is 11.8 Å². The summed E-state index contributed by atoms with van der Waals surface area (Å²) in [6, 6.07) is 11.2. The van der Waals surface area contributed by atoms with Crippen molar-refractivity contribution in [1.29, 1.82) is 0 Å². The molecule has 2 aromatic rings. The SMILES string of the molecule is CS(=O)(=O)CC[C@@H](C(=O)Nc1ccc2c(c1)OCO2)N1Cc2ccccc2C1=O. The number of carbonyl (C=O) groups excluding carboxylic acids is 2. The molecule has 0 radical (unpaired) electrons. The van der Waals surface area contributed by atoms with E-state index in [4.69, 9.17) is 9.47 Å². The fraction of sp³-hybridized carbons (Fsp3) is 0.300. The van der Waals surface area contributed by atoms with Gasteiger partial charge in [0.25, 0.3) is 5.91 Å². The lowest BCUT2D eigenvalue weighted by Gasteiger charge is -2.26. The summed E-state index contributed by atoms with van der Waals surface area (Å²) in [5.74, 6) is 0.169. The summed E-state index contributed by atoms with van der Waals surface area (Å²) >= 11 is 0. The van der Waals surface area contributed by atoms with Gasteiger partial charge in [0.2, 0.25) is 12.7 Å². The molecule has 2 aliphatic rings. The molecule has 1 N–H and O–H groups in total. The summed E-state index contributed by atoms with van der Waals surface area (Å²) in [7, 11) is -3.30. The van der Waals surface area contributed by atoms with Gasteiger partial charge < -0.3 is 19.7 Å². The Morgan fingerprint density at radius 1 is 1.17 bits per heavy atom. The molecular weight excluding hydrogens is 396 g/mol. The van der Waals surface area contributed by atoms with Crippen LogP contribution in [0.4, 0.5) is 5.69 Å². The first-order valence-electron chi connectivity index (χ1n) is 9.09. The number of ether oxygens (including phenoxy) is 2. The van der Waals surface area contributed by atoms with E-state index in [1.807, 2.05) is 12.1 Å². The Bertz CT molecular complexity index is 1080. The quantitative estimate of drug-likeness (QED) is 0.771. The Kier molecular flexibility index (Phi) is 4.91. The van der Waals surface area contributed by atoms with Crippen LogP contribution in [0.2, 0.25) is 0 Å². The van der Waals surface area contributed by atoms with Gasteiger partial charge in [0, 0.05) is 30.1 Å². The highest BCUT2D eigenvalue weighted by atomic mass is 32.2. The first-order valence-corrected chi connectivity index (χ1v) is 11.1. The van der Waals surface area contributed by atoms with Crippen LogP contribution in [-0.4, -0.2) is 50.0 Å². The van der Waals surface area contributed by atoms with Crippen molar-refractivity contribution in [2.24, 2.45) is 0 Å². The van der Waals surface area contributed by atoms with Crippen LogP contribution in [0.15, 0.2) is 42.5 Å². The van der Waals surface area contributed by atoms with Crippen LogP contribution >= 0.6 is 0 Å². The molecule has 0 aromatic heterocycles. The predicted octanol–water partition coefficient (Wildman–Crippen LogP) is 1.81. The highest BCUT2D eigenvalue weighted by Gasteiger charge is 2.36. The molecule has 4 rings (SSSR count). The van der Waals surface area contributed by atoms with Gasteiger partial charge in [-0.1, -0.05) is 18.2 Å². The van der Waals surface area contributed by atoms with E-state index in [0.29, 0.717) is 22.7 Å². The van der Waals surface area contributed by atoms with Crippen LogP contribution in [0, 0.1) is 0 Å². The van der Waals surface area contributed by atoms with Crippen molar-refractivity contribution in [2.45, 2.75) is 19.0 Å². The fourth-order valence-electron chi connectivity index (χ4n) is 3.48. The Morgan fingerprint density at radius 3 is 2.69 bits per heavy atom. The minimum absolute atomic E-state index is 0.00888. The molecule has 0 unspecified atom stereocenters. The van der Waals surface area contributed by atoms with Crippen molar-refractivity contribution in [3.63, 3.8) is 0 Å². The van der Waals surface area contributed by atoms with Gasteiger partial charge in [-0.2, -0.15) is 0 Å². The van der Waals surface area contributed by atoms with Crippen molar-refractivity contribution in [3.8, 4) is 11.5 Å². The molecule has 0 spiro atoms. The van der Waals surface area contributed by atoms with Crippen LogP contribution in [0.3, 0.4) is 0 Å². The largest absolute Gasteiger partial charge is 0.454 e. The molecule has 2 heterocycles. The Balaban J connectivity index is 1.57.